The molecule has 1 rings (SSSR count). The average Bonchev–Trinajstić information content (AvgIpc) is 2.28. The normalized spacial score (nSPS) is 10.4. The van der Waals surface area contributed by atoms with Gasteiger partial charge in [-0.1, -0.05) is 0 Å². The van der Waals surface area contributed by atoms with Gasteiger partial charge >= 0.3 is 0 Å². The van der Waals surface area contributed by atoms with E-state index in [-0.39, 0.29) is 17.1 Å². The first-order chi connectivity index (χ1) is 8.39. The molecule has 0 aliphatic heterocycles. The lowest BCUT2D eigenvalue weighted by atomic mass is 10.2. The first-order valence-corrected chi connectivity index (χ1v) is 6.24. The lowest BCUT2D eigenvalue weighted by Gasteiger charge is -2.09. The minimum atomic E-state index is -3.87. The molecule has 96 valence electrons. The van der Waals surface area contributed by atoms with Crippen molar-refractivity contribution in [1.82, 2.24) is 0 Å². The molecule has 0 amide bonds. The highest BCUT2D eigenvalue weighted by Crippen LogP contribution is 2.29. The highest BCUT2D eigenvalue weighted by Gasteiger charge is 2.16. The van der Waals surface area contributed by atoms with Gasteiger partial charge in [-0.2, -0.15) is 5.26 Å². The van der Waals surface area contributed by atoms with Gasteiger partial charge in [0.05, 0.1) is 23.8 Å². The van der Waals surface area contributed by atoms with E-state index in [0.29, 0.717) is 0 Å². The van der Waals surface area contributed by atoms with Gasteiger partial charge in [-0.25, -0.2) is 8.42 Å². The first kappa shape index (κ1) is 13.7. The SMILES string of the molecule is COc1ccc([N+](=O)[O-])cc1NS(=O)(=O)CC#N. The number of nitro benzene ring substituents is 1. The number of rotatable bonds is 5. The van der Waals surface area contributed by atoms with Gasteiger partial charge < -0.3 is 4.74 Å². The van der Waals surface area contributed by atoms with Crippen LogP contribution in [0.1, 0.15) is 0 Å². The number of nitriles is 1. The van der Waals surface area contributed by atoms with E-state index in [9.17, 15) is 18.5 Å². The summed E-state index contributed by atoms with van der Waals surface area (Å²) in [4.78, 5) is 9.91. The Bertz CT molecular complexity index is 605. The van der Waals surface area contributed by atoms with E-state index < -0.39 is 20.7 Å². The fourth-order valence-electron chi connectivity index (χ4n) is 1.18. The third kappa shape index (κ3) is 3.33. The topological polar surface area (TPSA) is 122 Å². The highest BCUT2D eigenvalue weighted by atomic mass is 32.2. The summed E-state index contributed by atoms with van der Waals surface area (Å²) in [7, 11) is -2.58. The highest BCUT2D eigenvalue weighted by molar-refractivity contribution is 7.92. The third-order valence-electron chi connectivity index (χ3n) is 1.91. The van der Waals surface area contributed by atoms with Gasteiger partial charge in [-0.3, -0.25) is 14.8 Å². The standard InChI is InChI=1S/C9H9N3O5S/c1-17-9-3-2-7(12(13)14)6-8(9)11-18(15,16)5-4-10/h2-3,6,11H,5H2,1H3. The molecule has 0 aliphatic rings. The molecule has 9 heteroatoms. The Labute approximate surface area is 103 Å². The molecule has 0 atom stereocenters. The molecule has 0 aliphatic carbocycles. The summed E-state index contributed by atoms with van der Waals surface area (Å²) in [6.45, 7) is 0. The van der Waals surface area contributed by atoms with Crippen LogP contribution in [0, 0.1) is 21.4 Å². The predicted octanol–water partition coefficient (Wildman–Crippen LogP) is 0.869. The second kappa shape index (κ2) is 5.33. The van der Waals surface area contributed by atoms with E-state index in [0.717, 1.165) is 6.07 Å². The van der Waals surface area contributed by atoms with E-state index >= 15 is 0 Å². The number of nitrogens with zero attached hydrogens (tertiary/aromatic N) is 2. The van der Waals surface area contributed by atoms with Gasteiger partial charge in [0.25, 0.3) is 5.69 Å². The van der Waals surface area contributed by atoms with Crippen LogP contribution in [0.25, 0.3) is 0 Å². The van der Waals surface area contributed by atoms with Crippen LogP contribution in [0.15, 0.2) is 18.2 Å². The van der Waals surface area contributed by atoms with E-state index in [4.69, 9.17) is 10.00 Å². The molecule has 0 saturated heterocycles. The molecule has 0 radical (unpaired) electrons. The number of sulfonamides is 1. The van der Waals surface area contributed by atoms with Crippen molar-refractivity contribution < 1.29 is 18.1 Å². The van der Waals surface area contributed by atoms with Gasteiger partial charge in [0.15, 0.2) is 5.75 Å². The number of non-ortho nitro benzene ring substituents is 1. The molecule has 0 saturated carbocycles. The Hall–Kier alpha value is -2.34. The molecule has 0 spiro atoms. The zero-order chi connectivity index (χ0) is 13.8. The third-order valence-corrected chi connectivity index (χ3v) is 2.95. The summed E-state index contributed by atoms with van der Waals surface area (Å²) in [6.07, 6.45) is 0. The maximum atomic E-state index is 11.4. The number of hydrogen-bond acceptors (Lipinski definition) is 6. The maximum absolute atomic E-state index is 11.4. The molecule has 1 aromatic rings. The Morgan fingerprint density at radius 3 is 2.72 bits per heavy atom. The average molecular weight is 271 g/mol. The lowest BCUT2D eigenvalue weighted by molar-refractivity contribution is -0.384. The van der Waals surface area contributed by atoms with Crippen molar-refractivity contribution >= 4 is 21.4 Å². The summed E-state index contributed by atoms with van der Waals surface area (Å²) in [6, 6.07) is 4.95. The number of nitro groups is 1. The van der Waals surface area contributed by atoms with Crippen LogP contribution in [0.2, 0.25) is 0 Å². The summed E-state index contributed by atoms with van der Waals surface area (Å²) in [5.41, 5.74) is -0.368. The van der Waals surface area contributed by atoms with E-state index in [2.05, 4.69) is 4.72 Å². The van der Waals surface area contributed by atoms with Crippen LogP contribution in [0.3, 0.4) is 0 Å². The Morgan fingerprint density at radius 2 is 2.22 bits per heavy atom. The fourth-order valence-corrected chi connectivity index (χ4v) is 1.91. The van der Waals surface area contributed by atoms with E-state index in [1.165, 1.54) is 25.3 Å². The van der Waals surface area contributed by atoms with Crippen molar-refractivity contribution in [2.45, 2.75) is 0 Å². The predicted molar refractivity (Wildman–Crippen MR) is 62.7 cm³/mol. The van der Waals surface area contributed by atoms with Crippen molar-refractivity contribution in [2.75, 3.05) is 17.6 Å². The maximum Gasteiger partial charge on any atom is 0.271 e. The quantitative estimate of drug-likeness (QED) is 0.626. The molecule has 8 nitrogen and oxygen atoms in total. The van der Waals surface area contributed by atoms with Crippen LogP contribution in [0.4, 0.5) is 11.4 Å². The molecule has 1 N–H and O–H groups in total. The number of methoxy groups -OCH3 is 1. The fraction of sp³-hybridized carbons (Fsp3) is 0.222. The van der Waals surface area contributed by atoms with Crippen LogP contribution in [-0.2, 0) is 10.0 Å². The molecule has 0 aromatic heterocycles. The van der Waals surface area contributed by atoms with Gasteiger partial charge in [-0.15, -0.1) is 0 Å². The van der Waals surface area contributed by atoms with Crippen molar-refractivity contribution in [3.8, 4) is 11.8 Å². The number of benzene rings is 1. The molecule has 0 unspecified atom stereocenters. The molecular weight excluding hydrogens is 262 g/mol. The minimum absolute atomic E-state index is 0.0815. The van der Waals surface area contributed by atoms with E-state index in [1.807, 2.05) is 0 Å². The first-order valence-electron chi connectivity index (χ1n) is 4.59. The zero-order valence-electron chi connectivity index (χ0n) is 9.28. The summed E-state index contributed by atoms with van der Waals surface area (Å²) < 4.78 is 29.7. The second-order valence-corrected chi connectivity index (χ2v) is 4.88. The van der Waals surface area contributed by atoms with Crippen LogP contribution >= 0.6 is 0 Å². The van der Waals surface area contributed by atoms with E-state index in [1.54, 1.807) is 0 Å². The number of nitrogens with one attached hydrogen (secondary N) is 1. The monoisotopic (exact) mass is 271 g/mol. The number of hydrogen-bond donors (Lipinski definition) is 1. The summed E-state index contributed by atoms with van der Waals surface area (Å²) in [5.74, 6) is -0.624. The minimum Gasteiger partial charge on any atom is -0.495 e. The number of anilines is 1. The molecule has 0 heterocycles. The van der Waals surface area contributed by atoms with Crippen molar-refractivity contribution in [3.63, 3.8) is 0 Å². The van der Waals surface area contributed by atoms with Crippen LogP contribution in [0.5, 0.6) is 5.75 Å². The Balaban J connectivity index is 3.18. The number of ether oxygens (including phenoxy) is 1. The molecular formula is C9H9N3O5S. The lowest BCUT2D eigenvalue weighted by Crippen LogP contribution is -2.16. The summed E-state index contributed by atoms with van der Waals surface area (Å²) in [5, 5.41) is 18.9. The van der Waals surface area contributed by atoms with Gasteiger partial charge in [0.2, 0.25) is 10.0 Å². The molecule has 18 heavy (non-hydrogen) atoms. The molecule has 0 fully saturated rings. The smallest absolute Gasteiger partial charge is 0.271 e. The van der Waals surface area contributed by atoms with Crippen LogP contribution in [-0.4, -0.2) is 26.2 Å². The van der Waals surface area contributed by atoms with Crippen molar-refractivity contribution in [2.24, 2.45) is 0 Å². The summed E-state index contributed by atoms with van der Waals surface area (Å²) >= 11 is 0. The molecule has 0 bridgehead atoms. The largest absolute Gasteiger partial charge is 0.495 e. The van der Waals surface area contributed by atoms with Gasteiger partial charge in [0, 0.05) is 12.1 Å². The Kier molecular flexibility index (Phi) is 4.06. The Morgan fingerprint density at radius 1 is 1.56 bits per heavy atom. The van der Waals surface area contributed by atoms with Gasteiger partial charge in [-0.05, 0) is 6.07 Å². The molecule has 1 aromatic carbocycles. The van der Waals surface area contributed by atoms with Crippen LogP contribution < -0.4 is 9.46 Å². The zero-order valence-corrected chi connectivity index (χ0v) is 10.1. The second-order valence-electron chi connectivity index (χ2n) is 3.16. The van der Waals surface area contributed by atoms with Crippen molar-refractivity contribution in [3.05, 3.63) is 28.3 Å². The van der Waals surface area contributed by atoms with Gasteiger partial charge in [0.1, 0.15) is 5.75 Å². The van der Waals surface area contributed by atoms with Crippen molar-refractivity contribution in [1.29, 1.82) is 5.26 Å².